The van der Waals surface area contributed by atoms with Crippen LogP contribution in [0.15, 0.2) is 46.9 Å². The van der Waals surface area contributed by atoms with E-state index in [0.717, 1.165) is 23.4 Å². The molecule has 6 heteroatoms. The molecule has 1 fully saturated rings. The van der Waals surface area contributed by atoms with Gasteiger partial charge in [-0.1, -0.05) is 47.3 Å². The molecule has 0 spiro atoms. The van der Waals surface area contributed by atoms with E-state index < -0.39 is 11.6 Å². The fourth-order valence-electron chi connectivity index (χ4n) is 4.52. The fraction of sp³-hybridized carbons (Fsp3) is 0.458. The molecule has 0 aromatic heterocycles. The maximum absolute atomic E-state index is 13.6. The van der Waals surface area contributed by atoms with E-state index in [1.165, 1.54) is 43.9 Å². The second-order valence-corrected chi connectivity index (χ2v) is 9.16. The molecule has 30 heavy (non-hydrogen) atoms. The van der Waals surface area contributed by atoms with Crippen LogP contribution in [0, 0.1) is 11.6 Å². The summed E-state index contributed by atoms with van der Waals surface area (Å²) in [5, 5.41) is 6.71. The molecule has 0 unspecified atom stereocenters. The monoisotopic (exact) mass is 478 g/mol. The Bertz CT molecular complexity index is 848. The third-order valence-electron chi connectivity index (χ3n) is 5.85. The number of carbonyl (C=O) groups excluding carboxylic acids is 1. The van der Waals surface area contributed by atoms with E-state index in [9.17, 15) is 13.6 Å². The highest BCUT2D eigenvalue weighted by Crippen LogP contribution is 2.38. The van der Waals surface area contributed by atoms with Gasteiger partial charge in [0.15, 0.2) is 0 Å². The van der Waals surface area contributed by atoms with Gasteiger partial charge >= 0.3 is 0 Å². The van der Waals surface area contributed by atoms with Gasteiger partial charge in [0.25, 0.3) is 0 Å². The van der Waals surface area contributed by atoms with E-state index in [4.69, 9.17) is 0 Å². The first kappa shape index (κ1) is 22.9. The first-order chi connectivity index (χ1) is 14.4. The summed E-state index contributed by atoms with van der Waals surface area (Å²) >= 11 is 3.58. The third kappa shape index (κ3) is 6.35. The van der Waals surface area contributed by atoms with E-state index in [0.29, 0.717) is 24.9 Å². The summed E-state index contributed by atoms with van der Waals surface area (Å²) in [6, 6.07) is 11.8. The van der Waals surface area contributed by atoms with Gasteiger partial charge in [-0.3, -0.25) is 4.79 Å². The summed E-state index contributed by atoms with van der Waals surface area (Å²) in [4.78, 5) is 11.7. The number of hydrogen-bond donors (Lipinski definition) is 2. The quantitative estimate of drug-likeness (QED) is 0.517. The van der Waals surface area contributed by atoms with Crippen LogP contribution in [0.3, 0.4) is 0 Å². The highest BCUT2D eigenvalue weighted by molar-refractivity contribution is 9.10. The van der Waals surface area contributed by atoms with Crippen molar-refractivity contribution in [3.63, 3.8) is 0 Å². The summed E-state index contributed by atoms with van der Waals surface area (Å²) in [7, 11) is 0. The Morgan fingerprint density at radius 2 is 1.80 bits per heavy atom. The summed E-state index contributed by atoms with van der Waals surface area (Å²) in [5.41, 5.74) is 1.75. The van der Waals surface area contributed by atoms with Crippen molar-refractivity contribution in [1.29, 1.82) is 0 Å². The SMILES string of the molecule is CC(=O)N[C@H](CCNC1(c2cccc(Br)c2)CCCCC1)Cc1cc(F)cc(F)c1. The van der Waals surface area contributed by atoms with Crippen molar-refractivity contribution >= 4 is 21.8 Å². The van der Waals surface area contributed by atoms with Gasteiger partial charge in [0.05, 0.1) is 0 Å². The highest BCUT2D eigenvalue weighted by atomic mass is 79.9. The summed E-state index contributed by atoms with van der Waals surface area (Å²) in [5.74, 6) is -1.34. The number of benzene rings is 2. The summed E-state index contributed by atoms with van der Waals surface area (Å²) in [6.45, 7) is 2.17. The minimum absolute atomic E-state index is 0.0756. The van der Waals surface area contributed by atoms with Crippen molar-refractivity contribution in [1.82, 2.24) is 10.6 Å². The van der Waals surface area contributed by atoms with Crippen molar-refractivity contribution in [2.45, 2.75) is 63.5 Å². The molecule has 1 atom stereocenters. The van der Waals surface area contributed by atoms with Gasteiger partial charge < -0.3 is 10.6 Å². The van der Waals surface area contributed by atoms with Gasteiger partial charge in [-0.25, -0.2) is 8.78 Å². The molecule has 1 amide bonds. The molecule has 0 heterocycles. The van der Waals surface area contributed by atoms with Gasteiger partial charge in [-0.15, -0.1) is 0 Å². The summed E-state index contributed by atoms with van der Waals surface area (Å²) < 4.78 is 28.2. The molecule has 0 aliphatic heterocycles. The molecular formula is C24H29BrF2N2O. The molecule has 1 aliphatic carbocycles. The van der Waals surface area contributed by atoms with Gasteiger partial charge in [0, 0.05) is 29.0 Å². The fourth-order valence-corrected chi connectivity index (χ4v) is 4.92. The van der Waals surface area contributed by atoms with Crippen LogP contribution >= 0.6 is 15.9 Å². The zero-order valence-electron chi connectivity index (χ0n) is 17.3. The zero-order valence-corrected chi connectivity index (χ0v) is 18.9. The maximum Gasteiger partial charge on any atom is 0.217 e. The van der Waals surface area contributed by atoms with Crippen LogP contribution in [0.5, 0.6) is 0 Å². The van der Waals surface area contributed by atoms with Crippen molar-refractivity contribution in [2.75, 3.05) is 6.54 Å². The minimum atomic E-state index is -0.597. The Balaban J connectivity index is 1.69. The molecule has 2 N–H and O–H groups in total. The lowest BCUT2D eigenvalue weighted by Gasteiger charge is -2.39. The maximum atomic E-state index is 13.6. The van der Waals surface area contributed by atoms with Crippen molar-refractivity contribution in [3.05, 3.63) is 69.7 Å². The topological polar surface area (TPSA) is 41.1 Å². The van der Waals surface area contributed by atoms with Crippen LogP contribution in [-0.2, 0) is 16.8 Å². The van der Waals surface area contributed by atoms with E-state index in [1.54, 1.807) is 0 Å². The van der Waals surface area contributed by atoms with Gasteiger partial charge in [-0.2, -0.15) is 0 Å². The molecule has 0 radical (unpaired) electrons. The van der Waals surface area contributed by atoms with E-state index >= 15 is 0 Å². The average Bonchev–Trinajstić information content (AvgIpc) is 2.67. The number of nitrogens with one attached hydrogen (secondary N) is 2. The van der Waals surface area contributed by atoms with Gasteiger partial charge in [0.1, 0.15) is 11.6 Å². The summed E-state index contributed by atoms with van der Waals surface area (Å²) in [6.07, 6.45) is 6.81. The van der Waals surface area contributed by atoms with Crippen LogP contribution in [0.2, 0.25) is 0 Å². The van der Waals surface area contributed by atoms with Crippen LogP contribution in [0.25, 0.3) is 0 Å². The van der Waals surface area contributed by atoms with Crippen molar-refractivity contribution in [2.24, 2.45) is 0 Å². The number of rotatable bonds is 8. The number of carbonyl (C=O) groups is 1. The standard InChI is InChI=1S/C24H29BrF2N2O/c1-17(30)29-23(14-18-12-21(26)16-22(27)13-18)8-11-28-24(9-3-2-4-10-24)19-6-5-7-20(25)15-19/h5-7,12-13,15-16,23,28H,2-4,8-11,14H2,1H3,(H,29,30)/t23-/m1/s1. The van der Waals surface area contributed by atoms with Crippen LogP contribution in [-0.4, -0.2) is 18.5 Å². The Morgan fingerprint density at radius 1 is 1.10 bits per heavy atom. The Labute approximate surface area is 185 Å². The van der Waals surface area contributed by atoms with Crippen LogP contribution < -0.4 is 10.6 Å². The number of halogens is 3. The molecule has 0 saturated heterocycles. The van der Waals surface area contributed by atoms with Crippen molar-refractivity contribution in [3.8, 4) is 0 Å². The van der Waals surface area contributed by atoms with Crippen LogP contribution in [0.1, 0.15) is 56.6 Å². The van der Waals surface area contributed by atoms with E-state index in [2.05, 4.69) is 44.8 Å². The molecular weight excluding hydrogens is 450 g/mol. The normalized spacial score (nSPS) is 16.8. The lowest BCUT2D eigenvalue weighted by atomic mass is 9.76. The molecule has 3 nitrogen and oxygen atoms in total. The predicted molar refractivity (Wildman–Crippen MR) is 119 cm³/mol. The van der Waals surface area contributed by atoms with E-state index in [-0.39, 0.29) is 17.5 Å². The molecule has 162 valence electrons. The molecule has 2 aromatic carbocycles. The Morgan fingerprint density at radius 3 is 2.43 bits per heavy atom. The minimum Gasteiger partial charge on any atom is -0.353 e. The zero-order chi connectivity index (χ0) is 21.6. The highest BCUT2D eigenvalue weighted by Gasteiger charge is 2.33. The van der Waals surface area contributed by atoms with Crippen molar-refractivity contribution < 1.29 is 13.6 Å². The second kappa shape index (κ2) is 10.5. The van der Waals surface area contributed by atoms with Crippen LogP contribution in [0.4, 0.5) is 8.78 Å². The predicted octanol–water partition coefficient (Wildman–Crippen LogP) is 5.61. The third-order valence-corrected chi connectivity index (χ3v) is 6.35. The average molecular weight is 479 g/mol. The smallest absolute Gasteiger partial charge is 0.217 e. The molecule has 2 aromatic rings. The van der Waals surface area contributed by atoms with E-state index in [1.807, 2.05) is 6.07 Å². The molecule has 3 rings (SSSR count). The molecule has 1 aliphatic rings. The lowest BCUT2D eigenvalue weighted by molar-refractivity contribution is -0.119. The Kier molecular flexibility index (Phi) is 8.00. The van der Waals surface area contributed by atoms with Gasteiger partial charge in [0.2, 0.25) is 5.91 Å². The first-order valence-corrected chi connectivity index (χ1v) is 11.4. The second-order valence-electron chi connectivity index (χ2n) is 8.25. The first-order valence-electron chi connectivity index (χ1n) is 10.6. The number of amides is 1. The Hall–Kier alpha value is -1.79. The van der Waals surface area contributed by atoms with Gasteiger partial charge in [-0.05, 0) is 67.6 Å². The molecule has 0 bridgehead atoms. The molecule has 1 saturated carbocycles. The lowest BCUT2D eigenvalue weighted by Crippen LogP contribution is -2.46. The number of hydrogen-bond acceptors (Lipinski definition) is 2. The largest absolute Gasteiger partial charge is 0.353 e.